The largest absolute Gasteiger partial charge is 0.449 e. The molecule has 2 aliphatic rings. The maximum absolute atomic E-state index is 14.3. The highest BCUT2D eigenvalue weighted by molar-refractivity contribution is 7.87. The van der Waals surface area contributed by atoms with Crippen molar-refractivity contribution < 1.29 is 36.5 Å². The van der Waals surface area contributed by atoms with E-state index in [4.69, 9.17) is 13.7 Å². The number of nitrogens with one attached hydrogen (secondary N) is 2. The van der Waals surface area contributed by atoms with Crippen molar-refractivity contribution in [3.63, 3.8) is 0 Å². The van der Waals surface area contributed by atoms with Crippen LogP contribution in [-0.2, 0) is 30.8 Å². The molecule has 2 amide bonds. The number of fused-ring (bicyclic) bond motifs is 4. The van der Waals surface area contributed by atoms with Crippen molar-refractivity contribution in [3.8, 4) is 16.9 Å². The van der Waals surface area contributed by atoms with Gasteiger partial charge < -0.3 is 24.3 Å². The molecule has 0 spiro atoms. The summed E-state index contributed by atoms with van der Waals surface area (Å²) in [5, 5.41) is 6.51. The van der Waals surface area contributed by atoms with Gasteiger partial charge in [0.15, 0.2) is 10.8 Å². The number of piperazine rings is 1. The molecule has 1 saturated heterocycles. The van der Waals surface area contributed by atoms with Crippen LogP contribution in [0.3, 0.4) is 0 Å². The quantitative estimate of drug-likeness (QED) is 0.157. The average Bonchev–Trinajstić information content (AvgIpc) is 3.49. The van der Waals surface area contributed by atoms with Crippen LogP contribution in [0, 0.1) is 0 Å². The number of rotatable bonds is 10. The molecule has 55 heavy (non-hydrogen) atoms. The summed E-state index contributed by atoms with van der Waals surface area (Å²) in [6.45, 7) is 6.16. The summed E-state index contributed by atoms with van der Waals surface area (Å²) in [7, 11) is -4.26. The van der Waals surface area contributed by atoms with Crippen LogP contribution in [0.15, 0.2) is 114 Å². The number of amides is 2. The number of alkyl carbamates (subject to hydrolysis) is 1. The van der Waals surface area contributed by atoms with E-state index in [0.29, 0.717) is 17.6 Å². The lowest BCUT2D eigenvalue weighted by Crippen LogP contribution is -2.61. The maximum atomic E-state index is 14.3. The van der Waals surface area contributed by atoms with Gasteiger partial charge in [0.1, 0.15) is 24.0 Å². The van der Waals surface area contributed by atoms with Crippen LogP contribution in [0.1, 0.15) is 43.4 Å². The van der Waals surface area contributed by atoms with Gasteiger partial charge in [-0.05, 0) is 85.3 Å². The van der Waals surface area contributed by atoms with Crippen LogP contribution in [0.4, 0.5) is 9.59 Å². The molecule has 4 aromatic carbocycles. The minimum absolute atomic E-state index is 0.0148. The summed E-state index contributed by atoms with van der Waals surface area (Å²) >= 11 is 0. The van der Waals surface area contributed by atoms with E-state index in [9.17, 15) is 22.8 Å². The number of carbonyl (C=O) groups excluding carboxylic acids is 3. The first-order valence-electron chi connectivity index (χ1n) is 18.1. The van der Waals surface area contributed by atoms with E-state index in [1.54, 1.807) is 51.1 Å². The Morgan fingerprint density at radius 3 is 2.22 bits per heavy atom. The topological polar surface area (TPSA) is 153 Å². The monoisotopic (exact) mass is 762 g/mol. The van der Waals surface area contributed by atoms with Crippen molar-refractivity contribution in [1.82, 2.24) is 20.5 Å². The van der Waals surface area contributed by atoms with E-state index in [-0.39, 0.29) is 42.8 Å². The van der Waals surface area contributed by atoms with Gasteiger partial charge >= 0.3 is 22.3 Å². The molecule has 1 aliphatic carbocycles. The molecule has 2 atom stereocenters. The summed E-state index contributed by atoms with van der Waals surface area (Å²) < 4.78 is 43.1. The number of pyridine rings is 1. The van der Waals surface area contributed by atoms with Crippen LogP contribution in [0.25, 0.3) is 22.0 Å². The Morgan fingerprint density at radius 2 is 1.53 bits per heavy atom. The van der Waals surface area contributed by atoms with Crippen molar-refractivity contribution in [2.75, 3.05) is 26.2 Å². The molecule has 2 heterocycles. The molecule has 1 unspecified atom stereocenters. The van der Waals surface area contributed by atoms with Crippen molar-refractivity contribution in [1.29, 1.82) is 0 Å². The summed E-state index contributed by atoms with van der Waals surface area (Å²) in [6.07, 6.45) is -1.40. The molecule has 1 aliphatic heterocycles. The molecule has 12 nitrogen and oxygen atoms in total. The van der Waals surface area contributed by atoms with E-state index in [0.717, 1.165) is 27.6 Å². The van der Waals surface area contributed by atoms with Crippen LogP contribution < -0.4 is 14.8 Å². The van der Waals surface area contributed by atoms with Crippen LogP contribution in [0.5, 0.6) is 5.75 Å². The van der Waals surface area contributed by atoms with Gasteiger partial charge in [-0.2, -0.15) is 8.42 Å². The van der Waals surface area contributed by atoms with Gasteiger partial charge in [-0.25, -0.2) is 14.6 Å². The first-order chi connectivity index (χ1) is 26.4. The number of nitrogens with zero attached hydrogens (tertiary/aromatic N) is 2. The summed E-state index contributed by atoms with van der Waals surface area (Å²) in [5.74, 6) is -0.568. The van der Waals surface area contributed by atoms with Gasteiger partial charge in [-0.1, -0.05) is 78.9 Å². The van der Waals surface area contributed by atoms with Crippen molar-refractivity contribution >= 4 is 39.0 Å². The smallest absolute Gasteiger partial charge is 0.410 e. The molecule has 0 radical (unpaired) electrons. The molecule has 2 N–H and O–H groups in total. The lowest BCUT2D eigenvalue weighted by atomic mass is 9.96. The highest BCUT2D eigenvalue weighted by Crippen LogP contribution is 2.44. The lowest BCUT2D eigenvalue weighted by Gasteiger charge is -2.37. The SMILES string of the molecule is CC(C)(C)OC(=O)N1CCNCC1C(=O)[C@H](Cc1ccc(OS(=O)(=O)c2ccc3ccccc3n2)cc1)NC(=O)OCC1c2ccccc2-c2ccccc21. The van der Waals surface area contributed by atoms with Crippen LogP contribution in [0.2, 0.25) is 0 Å². The van der Waals surface area contributed by atoms with Crippen LogP contribution in [-0.4, -0.2) is 80.2 Å². The zero-order chi connectivity index (χ0) is 38.7. The van der Waals surface area contributed by atoms with Crippen molar-refractivity contribution in [3.05, 3.63) is 126 Å². The molecule has 0 saturated carbocycles. The van der Waals surface area contributed by atoms with Crippen molar-refractivity contribution in [2.45, 2.75) is 55.8 Å². The van der Waals surface area contributed by atoms with Crippen LogP contribution >= 0.6 is 0 Å². The number of carbonyl (C=O) groups is 3. The second-order valence-electron chi connectivity index (χ2n) is 14.5. The number of aromatic nitrogens is 1. The fourth-order valence-corrected chi connectivity index (χ4v) is 7.90. The Balaban J connectivity index is 1.09. The van der Waals surface area contributed by atoms with Gasteiger partial charge in [-0.15, -0.1) is 0 Å². The summed E-state index contributed by atoms with van der Waals surface area (Å²) in [5.41, 5.74) is 4.59. The molecule has 5 aromatic rings. The summed E-state index contributed by atoms with van der Waals surface area (Å²) in [4.78, 5) is 46.8. The van der Waals surface area contributed by atoms with Gasteiger partial charge in [-0.3, -0.25) is 9.69 Å². The number of para-hydroxylation sites is 1. The Kier molecular flexibility index (Phi) is 10.6. The number of ketones is 1. The number of hydrogen-bond donors (Lipinski definition) is 2. The van der Waals surface area contributed by atoms with E-state index >= 15 is 0 Å². The molecular weight excluding hydrogens is 721 g/mol. The molecular formula is C42H42N4O8S. The lowest BCUT2D eigenvalue weighted by molar-refractivity contribution is -0.126. The highest BCUT2D eigenvalue weighted by atomic mass is 32.2. The normalized spacial score (nSPS) is 16.1. The predicted molar refractivity (Wildman–Crippen MR) is 206 cm³/mol. The highest BCUT2D eigenvalue weighted by Gasteiger charge is 2.39. The van der Waals surface area contributed by atoms with E-state index in [2.05, 4.69) is 15.6 Å². The minimum Gasteiger partial charge on any atom is -0.449 e. The number of benzene rings is 4. The third-order valence-electron chi connectivity index (χ3n) is 9.58. The Labute approximate surface area is 319 Å². The first kappa shape index (κ1) is 37.5. The van der Waals surface area contributed by atoms with Crippen molar-refractivity contribution in [2.24, 2.45) is 0 Å². The third-order valence-corrected chi connectivity index (χ3v) is 10.7. The maximum Gasteiger partial charge on any atom is 0.410 e. The van der Waals surface area contributed by atoms with Gasteiger partial charge in [0, 0.05) is 30.9 Å². The standard InChI is InChI=1S/C42H42N4O8S/c1-42(2,3)53-41(49)46-23-22-43-25-37(46)39(47)36(45-40(48)52-26-34-32-13-7-5-11-30(32)31-12-6-8-14-33(31)34)24-27-16-19-29(20-17-27)54-55(50,51)38-21-18-28-10-4-9-15-35(28)44-38/h4-21,34,36-37,43H,22-26H2,1-3H3,(H,45,48)/t36-,37?/m0/s1. The van der Waals surface area contributed by atoms with Gasteiger partial charge in [0.05, 0.1) is 11.6 Å². The van der Waals surface area contributed by atoms with Gasteiger partial charge in [0.2, 0.25) is 0 Å². The molecule has 13 heteroatoms. The zero-order valence-electron chi connectivity index (χ0n) is 30.7. The summed E-state index contributed by atoms with van der Waals surface area (Å²) in [6, 6.07) is 30.3. The average molecular weight is 763 g/mol. The van der Waals surface area contributed by atoms with E-state index in [1.807, 2.05) is 60.7 Å². The van der Waals surface area contributed by atoms with E-state index in [1.165, 1.54) is 23.1 Å². The van der Waals surface area contributed by atoms with Gasteiger partial charge in [0.25, 0.3) is 0 Å². The predicted octanol–water partition coefficient (Wildman–Crippen LogP) is 6.23. The Bertz CT molecular complexity index is 2300. The fraction of sp³-hybridized carbons (Fsp3) is 0.286. The minimum atomic E-state index is -4.26. The molecule has 284 valence electrons. The zero-order valence-corrected chi connectivity index (χ0v) is 31.5. The van der Waals surface area contributed by atoms with E-state index < -0.39 is 45.8 Å². The Morgan fingerprint density at radius 1 is 0.873 bits per heavy atom. The molecule has 7 rings (SSSR count). The third kappa shape index (κ3) is 8.48. The fourth-order valence-electron chi connectivity index (χ4n) is 7.01. The number of ether oxygens (including phenoxy) is 2. The first-order valence-corrected chi connectivity index (χ1v) is 19.5. The second-order valence-corrected chi connectivity index (χ2v) is 16.0. The number of hydrogen-bond acceptors (Lipinski definition) is 10. The molecule has 0 bridgehead atoms. The Hall–Kier alpha value is -5.79. The molecule has 1 aromatic heterocycles. The number of Topliss-reactive ketones (excluding diaryl/α,β-unsaturated/α-hetero) is 1. The molecule has 1 fully saturated rings. The second kappa shape index (κ2) is 15.5.